The number of fused-ring (bicyclic) bond motifs is 1. The number of thioether (sulfide) groups is 1. The first-order valence-corrected chi connectivity index (χ1v) is 7.14. The summed E-state index contributed by atoms with van der Waals surface area (Å²) in [6.07, 6.45) is 0. The predicted octanol–water partition coefficient (Wildman–Crippen LogP) is 2.98. The average molecular weight is 284 g/mol. The molecule has 100 valence electrons. The summed E-state index contributed by atoms with van der Waals surface area (Å²) in [4.78, 5) is 24.4. The highest BCUT2D eigenvalue weighted by Crippen LogP contribution is 2.33. The topological polar surface area (TPSA) is 58.2 Å². The summed E-state index contributed by atoms with van der Waals surface area (Å²) in [7, 11) is 0. The minimum atomic E-state index is -0.166. The van der Waals surface area contributed by atoms with Gasteiger partial charge in [0.05, 0.1) is 11.4 Å². The van der Waals surface area contributed by atoms with E-state index in [1.165, 1.54) is 11.8 Å². The molecule has 2 aromatic rings. The molecule has 0 aromatic heterocycles. The molecule has 0 saturated heterocycles. The third kappa shape index (κ3) is 2.67. The van der Waals surface area contributed by atoms with Crippen molar-refractivity contribution >= 4 is 35.0 Å². The van der Waals surface area contributed by atoms with Crippen molar-refractivity contribution in [3.8, 4) is 0 Å². The van der Waals surface area contributed by atoms with Gasteiger partial charge in [0, 0.05) is 16.1 Å². The second kappa shape index (κ2) is 5.38. The number of hydrogen-bond acceptors (Lipinski definition) is 3. The van der Waals surface area contributed by atoms with Gasteiger partial charge in [-0.1, -0.05) is 18.2 Å². The van der Waals surface area contributed by atoms with Crippen LogP contribution in [0, 0.1) is 0 Å². The van der Waals surface area contributed by atoms with Crippen molar-refractivity contribution in [2.45, 2.75) is 4.90 Å². The first-order valence-electron chi connectivity index (χ1n) is 6.15. The quantitative estimate of drug-likeness (QED) is 0.891. The molecule has 2 N–H and O–H groups in total. The molecule has 5 heteroatoms. The summed E-state index contributed by atoms with van der Waals surface area (Å²) in [5, 5.41) is 5.63. The number of benzene rings is 2. The Kier molecular flexibility index (Phi) is 3.43. The maximum absolute atomic E-state index is 12.0. The van der Waals surface area contributed by atoms with E-state index in [0.29, 0.717) is 17.0 Å². The Hall–Kier alpha value is -2.27. The van der Waals surface area contributed by atoms with Gasteiger partial charge in [-0.2, -0.15) is 0 Å². The molecule has 2 aromatic carbocycles. The van der Waals surface area contributed by atoms with Gasteiger partial charge in [0.15, 0.2) is 0 Å². The lowest BCUT2D eigenvalue weighted by atomic mass is 10.2. The second-order valence-electron chi connectivity index (χ2n) is 4.37. The van der Waals surface area contributed by atoms with Crippen molar-refractivity contribution in [1.29, 1.82) is 0 Å². The van der Waals surface area contributed by atoms with Crippen LogP contribution < -0.4 is 10.6 Å². The molecule has 1 aliphatic rings. The second-order valence-corrected chi connectivity index (χ2v) is 5.39. The van der Waals surface area contributed by atoms with Crippen molar-refractivity contribution < 1.29 is 9.59 Å². The first-order chi connectivity index (χ1) is 9.72. The Bertz CT molecular complexity index is 671. The summed E-state index contributed by atoms with van der Waals surface area (Å²) >= 11 is 1.50. The van der Waals surface area contributed by atoms with Crippen LogP contribution in [0.3, 0.4) is 0 Å². The van der Waals surface area contributed by atoms with E-state index in [0.717, 1.165) is 10.6 Å². The van der Waals surface area contributed by atoms with Crippen molar-refractivity contribution in [2.24, 2.45) is 0 Å². The summed E-state index contributed by atoms with van der Waals surface area (Å²) in [5.41, 5.74) is 2.01. The zero-order chi connectivity index (χ0) is 13.9. The summed E-state index contributed by atoms with van der Waals surface area (Å²) in [6.45, 7) is 0. The molecule has 1 heterocycles. The average Bonchev–Trinajstić information content (AvgIpc) is 2.47. The van der Waals surface area contributed by atoms with E-state index >= 15 is 0 Å². The number of carbonyl (C=O) groups is 2. The smallest absolute Gasteiger partial charge is 0.255 e. The van der Waals surface area contributed by atoms with E-state index in [1.54, 1.807) is 18.2 Å². The Morgan fingerprint density at radius 3 is 2.75 bits per heavy atom. The predicted molar refractivity (Wildman–Crippen MR) is 80.2 cm³/mol. The highest BCUT2D eigenvalue weighted by molar-refractivity contribution is 8.00. The number of carbonyl (C=O) groups excluding carboxylic acids is 2. The van der Waals surface area contributed by atoms with Gasteiger partial charge >= 0.3 is 0 Å². The molecule has 0 aliphatic carbocycles. The molecule has 0 atom stereocenters. The molecular weight excluding hydrogens is 272 g/mol. The summed E-state index contributed by atoms with van der Waals surface area (Å²) in [5.74, 6) is 0.247. The zero-order valence-electron chi connectivity index (χ0n) is 10.6. The molecule has 4 nitrogen and oxygen atoms in total. The van der Waals surface area contributed by atoms with Crippen LogP contribution in [0.2, 0.25) is 0 Å². The first kappa shape index (κ1) is 12.7. The number of hydrogen-bond donors (Lipinski definition) is 2. The lowest BCUT2D eigenvalue weighted by Gasteiger charge is -2.17. The molecule has 0 radical (unpaired) electrons. The standard InChI is InChI=1S/C15H12N2O2S/c18-14-9-20-13-7-6-11(8-12(13)17-14)16-15(19)10-4-2-1-3-5-10/h1-8H,9H2,(H,16,19)(H,17,18). The highest BCUT2D eigenvalue weighted by atomic mass is 32.2. The fourth-order valence-corrected chi connectivity index (χ4v) is 2.74. The molecule has 0 bridgehead atoms. The SMILES string of the molecule is O=C1CSc2ccc(NC(=O)c3ccccc3)cc2N1. The zero-order valence-corrected chi connectivity index (χ0v) is 11.4. The number of amides is 2. The summed E-state index contributed by atoms with van der Waals surface area (Å²) in [6, 6.07) is 14.5. The Morgan fingerprint density at radius 2 is 1.95 bits per heavy atom. The van der Waals surface area contributed by atoms with Gasteiger partial charge < -0.3 is 10.6 Å². The van der Waals surface area contributed by atoms with E-state index in [-0.39, 0.29) is 11.8 Å². The lowest BCUT2D eigenvalue weighted by molar-refractivity contribution is -0.113. The van der Waals surface area contributed by atoms with Crippen LogP contribution in [0.4, 0.5) is 11.4 Å². The van der Waals surface area contributed by atoms with E-state index in [2.05, 4.69) is 10.6 Å². The van der Waals surface area contributed by atoms with Crippen LogP contribution in [-0.2, 0) is 4.79 Å². The van der Waals surface area contributed by atoms with Gasteiger partial charge in [-0.3, -0.25) is 9.59 Å². The lowest BCUT2D eigenvalue weighted by Crippen LogP contribution is -2.19. The van der Waals surface area contributed by atoms with Crippen molar-refractivity contribution in [1.82, 2.24) is 0 Å². The van der Waals surface area contributed by atoms with Crippen LogP contribution in [0.25, 0.3) is 0 Å². The molecule has 0 spiro atoms. The van der Waals surface area contributed by atoms with Gasteiger partial charge in [-0.25, -0.2) is 0 Å². The maximum Gasteiger partial charge on any atom is 0.255 e. The van der Waals surface area contributed by atoms with Crippen LogP contribution in [0.15, 0.2) is 53.4 Å². The van der Waals surface area contributed by atoms with Crippen LogP contribution >= 0.6 is 11.8 Å². The molecule has 0 saturated carbocycles. The molecule has 0 unspecified atom stereocenters. The van der Waals surface area contributed by atoms with Crippen LogP contribution in [0.1, 0.15) is 10.4 Å². The maximum atomic E-state index is 12.0. The Balaban J connectivity index is 1.80. The molecule has 3 rings (SSSR count). The van der Waals surface area contributed by atoms with Crippen LogP contribution in [-0.4, -0.2) is 17.6 Å². The van der Waals surface area contributed by atoms with Crippen molar-refractivity contribution in [2.75, 3.05) is 16.4 Å². The highest BCUT2D eigenvalue weighted by Gasteiger charge is 2.16. The van der Waals surface area contributed by atoms with Gasteiger partial charge in [0.1, 0.15) is 0 Å². The monoisotopic (exact) mass is 284 g/mol. The number of rotatable bonds is 2. The molecule has 20 heavy (non-hydrogen) atoms. The fourth-order valence-electron chi connectivity index (χ4n) is 1.95. The minimum absolute atomic E-state index is 0.0194. The van der Waals surface area contributed by atoms with Crippen LogP contribution in [0.5, 0.6) is 0 Å². The molecular formula is C15H12N2O2S. The largest absolute Gasteiger partial charge is 0.324 e. The molecule has 2 amide bonds. The molecule has 1 aliphatic heterocycles. The van der Waals surface area contributed by atoms with Gasteiger partial charge in [0.2, 0.25) is 5.91 Å². The van der Waals surface area contributed by atoms with E-state index < -0.39 is 0 Å². The number of anilines is 2. The van der Waals surface area contributed by atoms with E-state index in [9.17, 15) is 9.59 Å². The van der Waals surface area contributed by atoms with Gasteiger partial charge in [-0.05, 0) is 30.3 Å². The summed E-state index contributed by atoms with van der Waals surface area (Å²) < 4.78 is 0. The van der Waals surface area contributed by atoms with E-state index in [1.807, 2.05) is 30.3 Å². The fraction of sp³-hybridized carbons (Fsp3) is 0.0667. The number of nitrogens with one attached hydrogen (secondary N) is 2. The third-order valence-electron chi connectivity index (χ3n) is 2.91. The van der Waals surface area contributed by atoms with Gasteiger partial charge in [-0.15, -0.1) is 11.8 Å². The van der Waals surface area contributed by atoms with Gasteiger partial charge in [0.25, 0.3) is 5.91 Å². The van der Waals surface area contributed by atoms with E-state index in [4.69, 9.17) is 0 Å². The molecule has 0 fully saturated rings. The Labute approximate surface area is 120 Å². The minimum Gasteiger partial charge on any atom is -0.324 e. The normalized spacial score (nSPS) is 13.3. The van der Waals surface area contributed by atoms with Crippen molar-refractivity contribution in [3.63, 3.8) is 0 Å². The third-order valence-corrected chi connectivity index (χ3v) is 3.98. The van der Waals surface area contributed by atoms with Crippen molar-refractivity contribution in [3.05, 3.63) is 54.1 Å². The Morgan fingerprint density at radius 1 is 1.15 bits per heavy atom.